The van der Waals surface area contributed by atoms with Crippen molar-refractivity contribution in [2.24, 2.45) is 0 Å². The molecule has 0 saturated carbocycles. The van der Waals surface area contributed by atoms with Gasteiger partial charge in [0, 0.05) is 18.1 Å². The van der Waals surface area contributed by atoms with E-state index in [-0.39, 0.29) is 12.1 Å². The van der Waals surface area contributed by atoms with Crippen molar-refractivity contribution in [1.29, 1.82) is 0 Å². The van der Waals surface area contributed by atoms with E-state index in [1.165, 1.54) is 11.3 Å². The van der Waals surface area contributed by atoms with Crippen LogP contribution in [0, 0.1) is 6.92 Å². The molecule has 0 aromatic carbocycles. The molecular formula is C16H23N5O2S. The summed E-state index contributed by atoms with van der Waals surface area (Å²) in [4.78, 5) is 18.7. The first-order chi connectivity index (χ1) is 11.6. The molecule has 2 amide bonds. The number of amides is 2. The van der Waals surface area contributed by atoms with E-state index in [2.05, 4.69) is 22.3 Å². The van der Waals surface area contributed by atoms with Gasteiger partial charge in [0.05, 0.1) is 37.7 Å². The molecule has 0 aliphatic carbocycles. The molecular weight excluding hydrogens is 326 g/mol. The molecule has 1 aliphatic heterocycles. The van der Waals surface area contributed by atoms with Crippen LogP contribution >= 0.6 is 11.3 Å². The Kier molecular flexibility index (Phi) is 5.47. The lowest BCUT2D eigenvalue weighted by Gasteiger charge is -2.32. The molecule has 8 heteroatoms. The van der Waals surface area contributed by atoms with Gasteiger partial charge in [0.25, 0.3) is 0 Å². The Morgan fingerprint density at radius 3 is 3.17 bits per heavy atom. The number of nitrogens with zero attached hydrogens (tertiary/aromatic N) is 4. The van der Waals surface area contributed by atoms with Crippen LogP contribution in [0.15, 0.2) is 17.8 Å². The molecule has 130 valence electrons. The van der Waals surface area contributed by atoms with Crippen LogP contribution in [0.1, 0.15) is 24.6 Å². The maximum Gasteiger partial charge on any atom is 0.323 e. The number of morpholine rings is 1. The summed E-state index contributed by atoms with van der Waals surface area (Å²) in [5.41, 5.74) is 2.15. The Hall–Kier alpha value is -1.93. The predicted molar refractivity (Wildman–Crippen MR) is 93.4 cm³/mol. The number of thiazole rings is 1. The second-order valence-corrected chi connectivity index (χ2v) is 6.86. The van der Waals surface area contributed by atoms with Gasteiger partial charge in [-0.05, 0) is 18.9 Å². The van der Waals surface area contributed by atoms with Gasteiger partial charge in [-0.2, -0.15) is 5.10 Å². The van der Waals surface area contributed by atoms with Crippen molar-refractivity contribution in [2.75, 3.05) is 25.0 Å². The van der Waals surface area contributed by atoms with Crippen molar-refractivity contribution >= 4 is 22.5 Å². The molecule has 1 saturated heterocycles. The fraction of sp³-hybridized carbons (Fsp3) is 0.562. The first kappa shape index (κ1) is 16.9. The molecule has 1 N–H and O–H groups in total. The molecule has 0 bridgehead atoms. The SMILES string of the molecule is CCCc1csc(NC(=O)N2CCOC(Cn3cc(C)cn3)C2)n1. The van der Waals surface area contributed by atoms with E-state index in [0.717, 1.165) is 24.1 Å². The van der Waals surface area contributed by atoms with Crippen LogP contribution in [-0.4, -0.2) is 51.5 Å². The van der Waals surface area contributed by atoms with E-state index in [1.807, 2.05) is 29.4 Å². The average molecular weight is 349 g/mol. The zero-order chi connectivity index (χ0) is 16.9. The van der Waals surface area contributed by atoms with Crippen LogP contribution < -0.4 is 5.32 Å². The van der Waals surface area contributed by atoms with Crippen LogP contribution in [0.5, 0.6) is 0 Å². The number of carbonyl (C=O) groups excluding carboxylic acids is 1. The fourth-order valence-corrected chi connectivity index (χ4v) is 3.43. The first-order valence-electron chi connectivity index (χ1n) is 8.25. The van der Waals surface area contributed by atoms with Crippen molar-refractivity contribution in [3.05, 3.63) is 29.0 Å². The van der Waals surface area contributed by atoms with Gasteiger partial charge in [-0.25, -0.2) is 9.78 Å². The van der Waals surface area contributed by atoms with Gasteiger partial charge >= 0.3 is 6.03 Å². The molecule has 2 aromatic rings. The minimum absolute atomic E-state index is 0.0456. The standard InChI is InChI=1S/C16H23N5O2S/c1-3-4-13-11-24-15(18-13)19-16(22)20-5-6-23-14(9-20)10-21-8-12(2)7-17-21/h7-8,11,14H,3-6,9-10H2,1-2H3,(H,18,19,22). The van der Waals surface area contributed by atoms with Crippen molar-refractivity contribution in [3.63, 3.8) is 0 Å². The number of hydrogen-bond acceptors (Lipinski definition) is 5. The summed E-state index contributed by atoms with van der Waals surface area (Å²) in [7, 11) is 0. The van der Waals surface area contributed by atoms with Gasteiger partial charge in [0.1, 0.15) is 0 Å². The van der Waals surface area contributed by atoms with Crippen molar-refractivity contribution in [3.8, 4) is 0 Å². The van der Waals surface area contributed by atoms with Gasteiger partial charge in [0.15, 0.2) is 5.13 Å². The molecule has 3 heterocycles. The van der Waals surface area contributed by atoms with E-state index in [9.17, 15) is 4.79 Å². The largest absolute Gasteiger partial charge is 0.373 e. The number of aryl methyl sites for hydroxylation is 2. The molecule has 24 heavy (non-hydrogen) atoms. The Morgan fingerprint density at radius 2 is 2.42 bits per heavy atom. The Labute approximate surface area is 145 Å². The number of rotatable bonds is 5. The zero-order valence-electron chi connectivity index (χ0n) is 14.1. The third-order valence-corrected chi connectivity index (χ3v) is 4.66. The second-order valence-electron chi connectivity index (χ2n) is 6.00. The normalized spacial score (nSPS) is 17.9. The third-order valence-electron chi connectivity index (χ3n) is 3.85. The Morgan fingerprint density at radius 1 is 1.54 bits per heavy atom. The molecule has 1 unspecified atom stereocenters. The van der Waals surface area contributed by atoms with Crippen molar-refractivity contribution < 1.29 is 9.53 Å². The quantitative estimate of drug-likeness (QED) is 0.900. The lowest BCUT2D eigenvalue weighted by molar-refractivity contribution is -0.0219. The molecule has 1 atom stereocenters. The monoisotopic (exact) mass is 349 g/mol. The maximum absolute atomic E-state index is 12.4. The Bertz CT molecular complexity index is 684. The summed E-state index contributed by atoms with van der Waals surface area (Å²) >= 11 is 1.47. The molecule has 0 spiro atoms. The number of nitrogens with one attached hydrogen (secondary N) is 1. The summed E-state index contributed by atoms with van der Waals surface area (Å²) in [6, 6.07) is -0.114. The van der Waals surface area contributed by atoms with E-state index in [0.29, 0.717) is 31.4 Å². The van der Waals surface area contributed by atoms with E-state index >= 15 is 0 Å². The van der Waals surface area contributed by atoms with Gasteiger partial charge < -0.3 is 9.64 Å². The lowest BCUT2D eigenvalue weighted by atomic mass is 10.3. The number of ether oxygens (including phenoxy) is 1. The van der Waals surface area contributed by atoms with E-state index in [1.54, 1.807) is 4.90 Å². The average Bonchev–Trinajstić information content (AvgIpc) is 3.17. The molecule has 0 radical (unpaired) electrons. The van der Waals surface area contributed by atoms with E-state index < -0.39 is 0 Å². The smallest absolute Gasteiger partial charge is 0.323 e. The third kappa shape index (κ3) is 4.33. The minimum Gasteiger partial charge on any atom is -0.373 e. The Balaban J connectivity index is 1.54. The van der Waals surface area contributed by atoms with Gasteiger partial charge in [0.2, 0.25) is 0 Å². The highest BCUT2D eigenvalue weighted by Crippen LogP contribution is 2.18. The highest BCUT2D eigenvalue weighted by atomic mass is 32.1. The number of anilines is 1. The number of aromatic nitrogens is 3. The molecule has 1 fully saturated rings. The lowest BCUT2D eigenvalue weighted by Crippen LogP contribution is -2.48. The summed E-state index contributed by atoms with van der Waals surface area (Å²) in [5.74, 6) is 0. The van der Waals surface area contributed by atoms with Crippen LogP contribution in [0.25, 0.3) is 0 Å². The van der Waals surface area contributed by atoms with Crippen LogP contribution in [0.2, 0.25) is 0 Å². The molecule has 7 nitrogen and oxygen atoms in total. The summed E-state index contributed by atoms with van der Waals surface area (Å²) < 4.78 is 7.62. The highest BCUT2D eigenvalue weighted by molar-refractivity contribution is 7.13. The van der Waals surface area contributed by atoms with Gasteiger partial charge in [-0.1, -0.05) is 13.3 Å². The highest BCUT2D eigenvalue weighted by Gasteiger charge is 2.25. The van der Waals surface area contributed by atoms with Gasteiger partial charge in [-0.15, -0.1) is 11.3 Å². The van der Waals surface area contributed by atoms with Crippen LogP contribution in [0.4, 0.5) is 9.93 Å². The van der Waals surface area contributed by atoms with Crippen molar-refractivity contribution in [1.82, 2.24) is 19.7 Å². The molecule has 3 rings (SSSR count). The van der Waals surface area contributed by atoms with Crippen LogP contribution in [0.3, 0.4) is 0 Å². The second kappa shape index (κ2) is 7.76. The van der Waals surface area contributed by atoms with E-state index in [4.69, 9.17) is 4.74 Å². The number of carbonyl (C=O) groups is 1. The first-order valence-corrected chi connectivity index (χ1v) is 9.13. The zero-order valence-corrected chi connectivity index (χ0v) is 14.9. The fourth-order valence-electron chi connectivity index (χ4n) is 2.70. The topological polar surface area (TPSA) is 72.3 Å². The molecule has 1 aliphatic rings. The number of urea groups is 1. The van der Waals surface area contributed by atoms with Gasteiger partial charge in [-0.3, -0.25) is 10.00 Å². The maximum atomic E-state index is 12.4. The predicted octanol–water partition coefficient (Wildman–Crippen LogP) is 2.53. The summed E-state index contributed by atoms with van der Waals surface area (Å²) in [5, 5.41) is 9.83. The number of hydrogen-bond donors (Lipinski definition) is 1. The van der Waals surface area contributed by atoms with Crippen LogP contribution in [-0.2, 0) is 17.7 Å². The summed E-state index contributed by atoms with van der Waals surface area (Å²) in [6.07, 6.45) is 5.75. The van der Waals surface area contributed by atoms with Crippen molar-refractivity contribution in [2.45, 2.75) is 39.3 Å². The summed E-state index contributed by atoms with van der Waals surface area (Å²) in [6.45, 7) is 6.46. The minimum atomic E-state index is -0.114. The molecule has 2 aromatic heterocycles.